The lowest BCUT2D eigenvalue weighted by atomic mass is 10.3. The Morgan fingerprint density at radius 2 is 2.40 bits per heavy atom. The van der Waals surface area contributed by atoms with Crippen LogP contribution in [-0.4, -0.2) is 36.2 Å². The third kappa shape index (κ3) is 3.08. The fourth-order valence-corrected chi connectivity index (χ4v) is 1.18. The van der Waals surface area contributed by atoms with Gasteiger partial charge in [0.05, 0.1) is 18.4 Å². The topological polar surface area (TPSA) is 78.1 Å². The Balaban J connectivity index is 2.83. The van der Waals surface area contributed by atoms with Gasteiger partial charge in [-0.15, -0.1) is 0 Å². The van der Waals surface area contributed by atoms with Gasteiger partial charge in [-0.1, -0.05) is 0 Å². The Labute approximate surface area is 87.3 Å². The summed E-state index contributed by atoms with van der Waals surface area (Å²) in [6, 6.07) is 1.42. The van der Waals surface area contributed by atoms with E-state index in [-0.39, 0.29) is 18.0 Å². The van der Waals surface area contributed by atoms with Crippen molar-refractivity contribution in [3.05, 3.63) is 22.6 Å². The molecule has 0 saturated carbocycles. The van der Waals surface area contributed by atoms with E-state index < -0.39 is 0 Å². The first kappa shape index (κ1) is 11.2. The van der Waals surface area contributed by atoms with Crippen LogP contribution in [-0.2, 0) is 4.79 Å². The second-order valence-electron chi connectivity index (χ2n) is 2.99. The van der Waals surface area contributed by atoms with Crippen molar-refractivity contribution in [1.82, 2.24) is 15.5 Å². The summed E-state index contributed by atoms with van der Waals surface area (Å²) in [5.41, 5.74) is 0.368. The first-order chi connectivity index (χ1) is 7.17. The van der Waals surface area contributed by atoms with Gasteiger partial charge in [-0.25, -0.2) is 5.10 Å². The van der Waals surface area contributed by atoms with Crippen LogP contribution in [0.1, 0.15) is 6.92 Å². The van der Waals surface area contributed by atoms with Gasteiger partial charge in [0.2, 0.25) is 5.91 Å². The number of nitrogens with one attached hydrogen (secondary N) is 2. The molecule has 82 valence electrons. The fraction of sp³-hybridized carbons (Fsp3) is 0.444. The molecule has 1 aromatic heterocycles. The van der Waals surface area contributed by atoms with E-state index in [9.17, 15) is 9.59 Å². The van der Waals surface area contributed by atoms with Crippen LogP contribution in [0.3, 0.4) is 0 Å². The molecule has 0 bridgehead atoms. The third-order valence-corrected chi connectivity index (χ3v) is 2.01. The van der Waals surface area contributed by atoms with Crippen molar-refractivity contribution >= 4 is 11.6 Å². The van der Waals surface area contributed by atoms with Crippen molar-refractivity contribution in [2.24, 2.45) is 0 Å². The molecule has 6 heteroatoms. The largest absolute Gasteiger partial charge is 0.361 e. The first-order valence-electron chi connectivity index (χ1n) is 4.67. The molecule has 0 aromatic carbocycles. The number of carbonyl (C=O) groups excluding carboxylic acids is 1. The molecule has 0 saturated heterocycles. The summed E-state index contributed by atoms with van der Waals surface area (Å²) in [6.07, 6.45) is 1.52. The third-order valence-electron chi connectivity index (χ3n) is 2.01. The van der Waals surface area contributed by atoms with Crippen molar-refractivity contribution in [1.29, 1.82) is 0 Å². The molecular formula is C9H14N4O2. The number of nitrogens with zero attached hydrogens (tertiary/aromatic N) is 2. The zero-order chi connectivity index (χ0) is 11.3. The average molecular weight is 210 g/mol. The van der Waals surface area contributed by atoms with Gasteiger partial charge < -0.3 is 10.2 Å². The Hall–Kier alpha value is -1.85. The SMILES string of the molecule is CCN(CC(=O)NC)c1cn[nH]c(=O)c1. The van der Waals surface area contributed by atoms with Crippen LogP contribution in [0.25, 0.3) is 0 Å². The van der Waals surface area contributed by atoms with Gasteiger partial charge in [0.1, 0.15) is 0 Å². The van der Waals surface area contributed by atoms with Crippen LogP contribution >= 0.6 is 0 Å². The number of hydrogen-bond acceptors (Lipinski definition) is 4. The van der Waals surface area contributed by atoms with E-state index in [2.05, 4.69) is 15.5 Å². The van der Waals surface area contributed by atoms with E-state index in [1.165, 1.54) is 12.3 Å². The number of aromatic nitrogens is 2. The predicted molar refractivity (Wildman–Crippen MR) is 56.8 cm³/mol. The molecule has 0 aliphatic heterocycles. The number of H-pyrrole nitrogens is 1. The van der Waals surface area contributed by atoms with Crippen molar-refractivity contribution in [3.63, 3.8) is 0 Å². The fourth-order valence-electron chi connectivity index (χ4n) is 1.18. The highest BCUT2D eigenvalue weighted by Gasteiger charge is 2.08. The molecule has 1 aromatic rings. The van der Waals surface area contributed by atoms with E-state index in [0.717, 1.165) is 0 Å². The maximum absolute atomic E-state index is 11.2. The van der Waals surface area contributed by atoms with Crippen molar-refractivity contribution in [2.75, 3.05) is 25.0 Å². The van der Waals surface area contributed by atoms with Crippen LogP contribution in [0.4, 0.5) is 5.69 Å². The minimum absolute atomic E-state index is 0.0999. The molecule has 0 fully saturated rings. The second kappa shape index (κ2) is 5.14. The zero-order valence-corrected chi connectivity index (χ0v) is 8.78. The number of aromatic amines is 1. The molecular weight excluding hydrogens is 196 g/mol. The standard InChI is InChI=1S/C9H14N4O2/c1-3-13(6-9(15)10-2)7-4-8(14)12-11-5-7/h4-5H,3,6H2,1-2H3,(H,10,15)(H,12,14). The van der Waals surface area contributed by atoms with Gasteiger partial charge in [0.15, 0.2) is 0 Å². The number of carbonyl (C=O) groups is 1. The van der Waals surface area contributed by atoms with Crippen LogP contribution in [0.15, 0.2) is 17.1 Å². The molecule has 1 rings (SSSR count). The molecule has 0 aliphatic rings. The Bertz CT molecular complexity index is 388. The van der Waals surface area contributed by atoms with Crippen LogP contribution in [0.2, 0.25) is 0 Å². The molecule has 6 nitrogen and oxygen atoms in total. The Morgan fingerprint density at radius 3 is 2.93 bits per heavy atom. The maximum Gasteiger partial charge on any atom is 0.266 e. The quantitative estimate of drug-likeness (QED) is 0.691. The minimum atomic E-state index is -0.275. The summed E-state index contributed by atoms with van der Waals surface area (Å²) >= 11 is 0. The number of anilines is 1. The molecule has 0 aliphatic carbocycles. The lowest BCUT2D eigenvalue weighted by molar-refractivity contribution is -0.119. The predicted octanol–water partition coefficient (Wildman–Crippen LogP) is -0.658. The van der Waals surface area contributed by atoms with Crippen LogP contribution < -0.4 is 15.8 Å². The highest BCUT2D eigenvalue weighted by atomic mass is 16.2. The van der Waals surface area contributed by atoms with Crippen molar-refractivity contribution in [3.8, 4) is 0 Å². The number of amides is 1. The van der Waals surface area contributed by atoms with Gasteiger partial charge in [0.25, 0.3) is 5.56 Å². The van der Waals surface area contributed by atoms with Crippen molar-refractivity contribution < 1.29 is 4.79 Å². The van der Waals surface area contributed by atoms with Gasteiger partial charge in [-0.3, -0.25) is 9.59 Å². The lowest BCUT2D eigenvalue weighted by Crippen LogP contribution is -2.36. The van der Waals surface area contributed by atoms with Crippen molar-refractivity contribution in [2.45, 2.75) is 6.92 Å². The van der Waals surface area contributed by atoms with E-state index in [4.69, 9.17) is 0 Å². The number of likely N-dealkylation sites (N-methyl/N-ethyl adjacent to an activating group) is 2. The summed E-state index contributed by atoms with van der Waals surface area (Å²) in [7, 11) is 1.58. The maximum atomic E-state index is 11.2. The molecule has 0 spiro atoms. The van der Waals surface area contributed by atoms with E-state index in [1.807, 2.05) is 6.92 Å². The summed E-state index contributed by atoms with van der Waals surface area (Å²) < 4.78 is 0. The summed E-state index contributed by atoms with van der Waals surface area (Å²) in [5, 5.41) is 8.49. The van der Waals surface area contributed by atoms with Gasteiger partial charge >= 0.3 is 0 Å². The van der Waals surface area contributed by atoms with Gasteiger partial charge in [-0.05, 0) is 6.92 Å². The molecule has 2 N–H and O–H groups in total. The Kier molecular flexibility index (Phi) is 3.84. The smallest absolute Gasteiger partial charge is 0.266 e. The molecule has 0 radical (unpaired) electrons. The molecule has 1 heterocycles. The normalized spacial score (nSPS) is 9.73. The zero-order valence-electron chi connectivity index (χ0n) is 8.78. The summed E-state index contributed by atoms with van der Waals surface area (Å²) in [5.74, 6) is -0.0999. The van der Waals surface area contributed by atoms with E-state index in [1.54, 1.807) is 11.9 Å². The number of rotatable bonds is 4. The minimum Gasteiger partial charge on any atom is -0.361 e. The molecule has 0 unspecified atom stereocenters. The van der Waals surface area contributed by atoms with Gasteiger partial charge in [0, 0.05) is 19.7 Å². The molecule has 15 heavy (non-hydrogen) atoms. The average Bonchev–Trinajstić information content (AvgIpc) is 2.25. The van der Waals surface area contributed by atoms with Crippen LogP contribution in [0.5, 0.6) is 0 Å². The highest BCUT2D eigenvalue weighted by molar-refractivity contribution is 5.80. The monoisotopic (exact) mass is 210 g/mol. The van der Waals surface area contributed by atoms with Gasteiger partial charge in [-0.2, -0.15) is 5.10 Å². The van der Waals surface area contributed by atoms with E-state index in [0.29, 0.717) is 12.2 Å². The molecule has 1 amide bonds. The highest BCUT2D eigenvalue weighted by Crippen LogP contribution is 2.07. The number of hydrogen-bond donors (Lipinski definition) is 2. The summed E-state index contributed by atoms with van der Waals surface area (Å²) in [4.78, 5) is 24.0. The Morgan fingerprint density at radius 1 is 1.67 bits per heavy atom. The molecule has 0 atom stereocenters. The second-order valence-corrected chi connectivity index (χ2v) is 2.99. The van der Waals surface area contributed by atoms with E-state index >= 15 is 0 Å². The van der Waals surface area contributed by atoms with Crippen LogP contribution in [0, 0.1) is 0 Å². The summed E-state index contributed by atoms with van der Waals surface area (Å²) in [6.45, 7) is 2.76. The lowest BCUT2D eigenvalue weighted by Gasteiger charge is -2.20. The first-order valence-corrected chi connectivity index (χ1v) is 4.67.